The van der Waals surface area contributed by atoms with E-state index in [4.69, 9.17) is 16.0 Å². The topological polar surface area (TPSA) is 97.7 Å². The van der Waals surface area contributed by atoms with Crippen LogP contribution in [0.4, 0.5) is 5.69 Å². The van der Waals surface area contributed by atoms with Gasteiger partial charge in [-0.25, -0.2) is 5.43 Å². The molecule has 154 valence electrons. The summed E-state index contributed by atoms with van der Waals surface area (Å²) in [6.45, 7) is 2.14. The molecule has 7 nitrogen and oxygen atoms in total. The molecular formula is C22H20ClN3O4. The van der Waals surface area contributed by atoms with Gasteiger partial charge < -0.3 is 4.42 Å². The largest absolute Gasteiger partial charge is 0.455 e. The lowest BCUT2D eigenvalue weighted by atomic mass is 10.1. The van der Waals surface area contributed by atoms with Crippen molar-refractivity contribution in [2.24, 2.45) is 5.10 Å². The summed E-state index contributed by atoms with van der Waals surface area (Å²) >= 11 is 5.83. The molecule has 0 fully saturated rings. The first-order valence-corrected chi connectivity index (χ1v) is 9.82. The molecule has 0 aliphatic heterocycles. The van der Waals surface area contributed by atoms with Gasteiger partial charge in [-0.3, -0.25) is 14.9 Å². The van der Waals surface area contributed by atoms with Gasteiger partial charge in [0.2, 0.25) is 0 Å². The molecule has 1 aromatic heterocycles. The number of nitrogens with zero attached hydrogens (tertiary/aromatic N) is 2. The summed E-state index contributed by atoms with van der Waals surface area (Å²) < 4.78 is 5.62. The summed E-state index contributed by atoms with van der Waals surface area (Å²) in [5, 5.41) is 15.0. The van der Waals surface area contributed by atoms with Crippen LogP contribution in [0, 0.1) is 10.1 Å². The fraction of sp³-hybridized carbons (Fsp3) is 0.182. The Bertz CT molecular complexity index is 1070. The Balaban J connectivity index is 1.62. The molecule has 0 saturated carbocycles. The van der Waals surface area contributed by atoms with Crippen LogP contribution in [0.15, 0.2) is 64.1 Å². The molecule has 3 rings (SSSR count). The Hall–Kier alpha value is -3.45. The molecule has 0 radical (unpaired) electrons. The van der Waals surface area contributed by atoms with Gasteiger partial charge in [-0.05, 0) is 54.8 Å². The van der Waals surface area contributed by atoms with Crippen molar-refractivity contribution in [3.05, 3.63) is 86.6 Å². The minimum atomic E-state index is -0.553. The van der Waals surface area contributed by atoms with Gasteiger partial charge in [0.05, 0.1) is 11.1 Å². The number of hydrogen-bond donors (Lipinski definition) is 1. The van der Waals surface area contributed by atoms with Gasteiger partial charge >= 0.3 is 0 Å². The maximum atomic E-state index is 12.2. The second-order valence-electron chi connectivity index (χ2n) is 6.62. The number of hydrazone groups is 1. The highest BCUT2D eigenvalue weighted by molar-refractivity contribution is 6.32. The first-order valence-electron chi connectivity index (χ1n) is 9.44. The highest BCUT2D eigenvalue weighted by Gasteiger charge is 2.15. The smallest absolute Gasteiger partial charge is 0.288 e. The van der Waals surface area contributed by atoms with Gasteiger partial charge in [0.1, 0.15) is 16.5 Å². The van der Waals surface area contributed by atoms with Crippen LogP contribution >= 0.6 is 11.6 Å². The first kappa shape index (κ1) is 21.3. The van der Waals surface area contributed by atoms with Crippen LogP contribution in [-0.4, -0.2) is 17.0 Å². The highest BCUT2D eigenvalue weighted by Crippen LogP contribution is 2.31. The molecule has 3 aromatic rings. The molecule has 0 aliphatic carbocycles. The van der Waals surface area contributed by atoms with Gasteiger partial charge in [-0.2, -0.15) is 5.10 Å². The van der Waals surface area contributed by atoms with Crippen LogP contribution in [0.3, 0.4) is 0 Å². The summed E-state index contributed by atoms with van der Waals surface area (Å²) in [5.74, 6) is 0.483. The van der Waals surface area contributed by atoms with Crippen molar-refractivity contribution in [1.82, 2.24) is 5.43 Å². The lowest BCUT2D eigenvalue weighted by Gasteiger charge is -2.02. The Morgan fingerprint density at radius 1 is 1.20 bits per heavy atom. The van der Waals surface area contributed by atoms with Crippen LogP contribution in [0.1, 0.15) is 41.4 Å². The average molecular weight is 426 g/mol. The molecule has 8 heteroatoms. The standard InChI is InChI=1S/C22H20ClN3O4/c1-2-3-4-15-5-7-16(8-6-15)22(27)25-24-14-18-10-12-21(30-18)17-9-11-19(23)20(13-17)26(28)29/h5-14H,2-4H2,1H3,(H,25,27)/b24-14+. The third-order valence-corrected chi connectivity index (χ3v) is 4.77. The summed E-state index contributed by atoms with van der Waals surface area (Å²) in [6.07, 6.45) is 4.60. The molecule has 0 atom stereocenters. The van der Waals surface area contributed by atoms with E-state index >= 15 is 0 Å². The predicted octanol–water partition coefficient (Wildman–Crippen LogP) is 5.61. The van der Waals surface area contributed by atoms with E-state index in [0.29, 0.717) is 22.6 Å². The third-order valence-electron chi connectivity index (χ3n) is 4.45. The van der Waals surface area contributed by atoms with E-state index in [1.807, 2.05) is 12.1 Å². The van der Waals surface area contributed by atoms with Crippen molar-refractivity contribution >= 4 is 29.4 Å². The van der Waals surface area contributed by atoms with E-state index in [1.54, 1.807) is 30.3 Å². The monoisotopic (exact) mass is 425 g/mol. The van der Waals surface area contributed by atoms with E-state index in [2.05, 4.69) is 17.5 Å². The van der Waals surface area contributed by atoms with Crippen molar-refractivity contribution in [2.75, 3.05) is 0 Å². The van der Waals surface area contributed by atoms with E-state index in [0.717, 1.165) is 19.3 Å². The lowest BCUT2D eigenvalue weighted by molar-refractivity contribution is -0.384. The second kappa shape index (κ2) is 9.84. The van der Waals surface area contributed by atoms with Gasteiger partial charge in [-0.15, -0.1) is 0 Å². The summed E-state index contributed by atoms with van der Waals surface area (Å²) in [7, 11) is 0. The number of unbranched alkanes of at least 4 members (excludes halogenated alkanes) is 1. The second-order valence-corrected chi connectivity index (χ2v) is 7.03. The van der Waals surface area contributed by atoms with Gasteiger partial charge in [0.25, 0.3) is 11.6 Å². The average Bonchev–Trinajstić information content (AvgIpc) is 3.21. The van der Waals surface area contributed by atoms with Crippen LogP contribution in [-0.2, 0) is 6.42 Å². The van der Waals surface area contributed by atoms with E-state index in [1.165, 1.54) is 23.9 Å². The fourth-order valence-corrected chi connectivity index (χ4v) is 2.99. The third kappa shape index (κ3) is 5.33. The van der Waals surface area contributed by atoms with Crippen molar-refractivity contribution in [3.63, 3.8) is 0 Å². The number of amides is 1. The van der Waals surface area contributed by atoms with Crippen molar-refractivity contribution in [2.45, 2.75) is 26.2 Å². The molecule has 1 N–H and O–H groups in total. The molecule has 2 aromatic carbocycles. The molecule has 30 heavy (non-hydrogen) atoms. The van der Waals surface area contributed by atoms with Gasteiger partial charge in [0.15, 0.2) is 0 Å². The Morgan fingerprint density at radius 2 is 1.97 bits per heavy atom. The summed E-state index contributed by atoms with van der Waals surface area (Å²) in [4.78, 5) is 22.7. The minimum absolute atomic E-state index is 0.0539. The molecule has 0 bridgehead atoms. The SMILES string of the molecule is CCCCc1ccc(C(=O)N/N=C/c2ccc(-c3ccc(Cl)c([N+](=O)[O-])c3)o2)cc1. The first-order chi connectivity index (χ1) is 14.5. The Labute approximate surface area is 178 Å². The molecule has 0 saturated heterocycles. The zero-order valence-electron chi connectivity index (χ0n) is 16.3. The number of carbonyl (C=O) groups is 1. The predicted molar refractivity (Wildman–Crippen MR) is 116 cm³/mol. The number of nitrogens with one attached hydrogen (secondary N) is 1. The molecule has 0 unspecified atom stereocenters. The number of aryl methyl sites for hydroxylation is 1. The van der Waals surface area contributed by atoms with Crippen LogP contribution < -0.4 is 5.43 Å². The maximum Gasteiger partial charge on any atom is 0.288 e. The minimum Gasteiger partial charge on any atom is -0.455 e. The number of furan rings is 1. The fourth-order valence-electron chi connectivity index (χ4n) is 2.81. The quantitative estimate of drug-likeness (QED) is 0.288. The summed E-state index contributed by atoms with van der Waals surface area (Å²) in [5.41, 5.74) is 4.48. The maximum absolute atomic E-state index is 12.2. The van der Waals surface area contributed by atoms with Crippen LogP contribution in [0.25, 0.3) is 11.3 Å². The van der Waals surface area contributed by atoms with E-state index in [9.17, 15) is 14.9 Å². The zero-order valence-corrected chi connectivity index (χ0v) is 17.1. The Kier molecular flexibility index (Phi) is 6.98. The molecular weight excluding hydrogens is 406 g/mol. The number of carbonyl (C=O) groups excluding carboxylic acids is 1. The zero-order chi connectivity index (χ0) is 21.5. The van der Waals surface area contributed by atoms with Gasteiger partial charge in [-0.1, -0.05) is 37.1 Å². The van der Waals surface area contributed by atoms with Crippen molar-refractivity contribution < 1.29 is 14.1 Å². The van der Waals surface area contributed by atoms with Crippen molar-refractivity contribution in [1.29, 1.82) is 0 Å². The molecule has 0 spiro atoms. The Morgan fingerprint density at radius 3 is 2.67 bits per heavy atom. The van der Waals surface area contributed by atoms with E-state index < -0.39 is 4.92 Å². The van der Waals surface area contributed by atoms with Gasteiger partial charge in [0, 0.05) is 17.2 Å². The summed E-state index contributed by atoms with van der Waals surface area (Å²) in [6, 6.07) is 15.1. The lowest BCUT2D eigenvalue weighted by Crippen LogP contribution is -2.17. The number of benzene rings is 2. The van der Waals surface area contributed by atoms with Crippen LogP contribution in [0.2, 0.25) is 5.02 Å². The number of nitro groups is 1. The molecule has 1 amide bonds. The van der Waals surface area contributed by atoms with E-state index in [-0.39, 0.29) is 16.6 Å². The number of hydrogen-bond acceptors (Lipinski definition) is 5. The van der Waals surface area contributed by atoms with Crippen LogP contribution in [0.5, 0.6) is 0 Å². The normalized spacial score (nSPS) is 11.0. The molecule has 1 heterocycles. The van der Waals surface area contributed by atoms with Crippen molar-refractivity contribution in [3.8, 4) is 11.3 Å². The molecule has 0 aliphatic rings. The number of halogens is 1. The number of rotatable bonds is 8. The highest BCUT2D eigenvalue weighted by atomic mass is 35.5. The number of nitro benzene ring substituents is 1.